The second-order valence-electron chi connectivity index (χ2n) is 4.28. The summed E-state index contributed by atoms with van der Waals surface area (Å²) in [6.07, 6.45) is 0. The van der Waals surface area contributed by atoms with Crippen molar-refractivity contribution in [3.05, 3.63) is 40.6 Å². The molecule has 1 heterocycles. The fourth-order valence-electron chi connectivity index (χ4n) is 1.72. The van der Waals surface area contributed by atoms with E-state index < -0.39 is 0 Å². The van der Waals surface area contributed by atoms with Gasteiger partial charge in [-0.3, -0.25) is 0 Å². The summed E-state index contributed by atoms with van der Waals surface area (Å²) < 4.78 is 10.8. The van der Waals surface area contributed by atoms with Crippen LogP contribution in [0.1, 0.15) is 22.4 Å². The predicted octanol–water partition coefficient (Wildman–Crippen LogP) is 2.64. The van der Waals surface area contributed by atoms with E-state index in [9.17, 15) is 5.26 Å². The van der Waals surface area contributed by atoms with Crippen molar-refractivity contribution < 1.29 is 9.47 Å². The number of methoxy groups -OCH3 is 1. The van der Waals surface area contributed by atoms with Gasteiger partial charge < -0.3 is 9.47 Å². The van der Waals surface area contributed by atoms with Gasteiger partial charge in [0.25, 0.3) is 5.88 Å². The van der Waals surface area contributed by atoms with Crippen molar-refractivity contribution in [1.29, 1.82) is 10.5 Å². The monoisotopic (exact) mass is 280 g/mol. The van der Waals surface area contributed by atoms with Crippen molar-refractivity contribution in [2.75, 3.05) is 7.11 Å². The minimum absolute atomic E-state index is 0.114. The van der Waals surface area contributed by atoms with Crippen LogP contribution in [0.15, 0.2) is 18.2 Å². The number of aryl methyl sites for hydroxylation is 1. The molecule has 0 saturated heterocycles. The summed E-state index contributed by atoms with van der Waals surface area (Å²) in [5.41, 5.74) is 2.17. The third-order valence-corrected chi connectivity index (χ3v) is 3.03. The quantitative estimate of drug-likeness (QED) is 0.858. The molecule has 0 aliphatic carbocycles. The average molecular weight is 280 g/mol. The van der Waals surface area contributed by atoms with Crippen LogP contribution in [0.3, 0.4) is 0 Å². The lowest BCUT2D eigenvalue weighted by molar-refractivity contribution is 0.371. The maximum Gasteiger partial charge on any atom is 0.257 e. The van der Waals surface area contributed by atoms with E-state index in [2.05, 4.69) is 16.3 Å². The van der Waals surface area contributed by atoms with Crippen molar-refractivity contribution in [1.82, 2.24) is 10.2 Å². The molecule has 0 N–H and O–H groups in total. The molecule has 0 amide bonds. The fraction of sp³-hybridized carbons (Fsp3) is 0.200. The molecule has 6 nitrogen and oxygen atoms in total. The van der Waals surface area contributed by atoms with Gasteiger partial charge in [-0.15, -0.1) is 5.10 Å². The van der Waals surface area contributed by atoms with E-state index in [0.717, 1.165) is 5.56 Å². The molecule has 21 heavy (non-hydrogen) atoms. The molecule has 0 fully saturated rings. The molecule has 0 atom stereocenters. The van der Waals surface area contributed by atoms with Crippen molar-refractivity contribution in [2.45, 2.75) is 13.8 Å². The minimum Gasteiger partial charge on any atom is -0.493 e. The summed E-state index contributed by atoms with van der Waals surface area (Å²) in [5.74, 6) is 0.868. The van der Waals surface area contributed by atoms with Crippen molar-refractivity contribution in [3.63, 3.8) is 0 Å². The molecule has 0 unspecified atom stereocenters. The highest BCUT2D eigenvalue weighted by molar-refractivity contribution is 5.51. The Kier molecular flexibility index (Phi) is 4.01. The number of aromatic nitrogens is 2. The molecule has 104 valence electrons. The van der Waals surface area contributed by atoms with E-state index in [1.165, 1.54) is 7.11 Å². The number of ether oxygens (including phenoxy) is 2. The Morgan fingerprint density at radius 2 is 1.81 bits per heavy atom. The Morgan fingerprint density at radius 1 is 1.05 bits per heavy atom. The number of hydrogen-bond acceptors (Lipinski definition) is 6. The van der Waals surface area contributed by atoms with Crippen LogP contribution in [0, 0.1) is 36.5 Å². The van der Waals surface area contributed by atoms with E-state index >= 15 is 0 Å². The zero-order valence-electron chi connectivity index (χ0n) is 11.8. The van der Waals surface area contributed by atoms with Crippen LogP contribution in [0.2, 0.25) is 0 Å². The summed E-state index contributed by atoms with van der Waals surface area (Å²) in [5, 5.41) is 26.0. The van der Waals surface area contributed by atoms with Crippen molar-refractivity contribution in [2.24, 2.45) is 0 Å². The number of nitriles is 2. The molecule has 0 aliphatic rings. The van der Waals surface area contributed by atoms with Gasteiger partial charge in [-0.05, 0) is 31.5 Å². The Balaban J connectivity index is 2.47. The van der Waals surface area contributed by atoms with E-state index in [0.29, 0.717) is 28.3 Å². The van der Waals surface area contributed by atoms with E-state index in [1.54, 1.807) is 32.0 Å². The lowest BCUT2D eigenvalue weighted by Gasteiger charge is -2.11. The lowest BCUT2D eigenvalue weighted by atomic mass is 10.1. The number of nitrogens with zero attached hydrogens (tertiary/aromatic N) is 4. The largest absolute Gasteiger partial charge is 0.493 e. The molecule has 2 aromatic rings. The number of hydrogen-bond donors (Lipinski definition) is 0. The van der Waals surface area contributed by atoms with Crippen LogP contribution in [0.4, 0.5) is 0 Å². The number of rotatable bonds is 3. The van der Waals surface area contributed by atoms with Gasteiger partial charge in [0.2, 0.25) is 0 Å². The zero-order valence-corrected chi connectivity index (χ0v) is 11.8. The Morgan fingerprint density at radius 3 is 2.43 bits per heavy atom. The fourth-order valence-corrected chi connectivity index (χ4v) is 1.72. The first-order valence-electron chi connectivity index (χ1n) is 6.10. The minimum atomic E-state index is 0.114. The zero-order chi connectivity index (χ0) is 15.4. The van der Waals surface area contributed by atoms with Crippen LogP contribution >= 0.6 is 0 Å². The van der Waals surface area contributed by atoms with Gasteiger partial charge in [0.15, 0.2) is 11.5 Å². The van der Waals surface area contributed by atoms with Gasteiger partial charge in [-0.25, -0.2) is 0 Å². The van der Waals surface area contributed by atoms with Gasteiger partial charge in [0, 0.05) is 6.07 Å². The normalized spacial score (nSPS) is 9.57. The maximum absolute atomic E-state index is 9.24. The van der Waals surface area contributed by atoms with Crippen LogP contribution in [0.25, 0.3) is 0 Å². The van der Waals surface area contributed by atoms with Crippen molar-refractivity contribution >= 4 is 0 Å². The molecule has 0 spiro atoms. The highest BCUT2D eigenvalue weighted by atomic mass is 16.5. The molecule has 1 aromatic heterocycles. The van der Waals surface area contributed by atoms with Gasteiger partial charge in [0.1, 0.15) is 11.6 Å². The van der Waals surface area contributed by atoms with E-state index in [1.807, 2.05) is 6.07 Å². The second-order valence-corrected chi connectivity index (χ2v) is 4.28. The Labute approximate surface area is 122 Å². The van der Waals surface area contributed by atoms with Crippen LogP contribution in [-0.4, -0.2) is 17.3 Å². The van der Waals surface area contributed by atoms with Gasteiger partial charge in [0.05, 0.1) is 24.4 Å². The molecule has 1 aromatic carbocycles. The topological polar surface area (TPSA) is 91.8 Å². The third-order valence-electron chi connectivity index (χ3n) is 3.03. The Hall–Kier alpha value is -3.12. The van der Waals surface area contributed by atoms with Crippen LogP contribution in [0.5, 0.6) is 17.4 Å². The van der Waals surface area contributed by atoms with E-state index in [4.69, 9.17) is 14.7 Å². The highest BCUT2D eigenvalue weighted by Gasteiger charge is 2.15. The molecule has 0 aliphatic heterocycles. The molecule has 0 bridgehead atoms. The van der Waals surface area contributed by atoms with Crippen LogP contribution in [-0.2, 0) is 0 Å². The Bertz CT molecular complexity index is 772. The summed E-state index contributed by atoms with van der Waals surface area (Å²) in [6, 6.07) is 8.82. The molecule has 0 radical (unpaired) electrons. The molecule has 6 heteroatoms. The molecular formula is C15H12N4O2. The van der Waals surface area contributed by atoms with Gasteiger partial charge in [-0.2, -0.15) is 15.6 Å². The first-order valence-corrected chi connectivity index (χ1v) is 6.10. The standard InChI is InChI=1S/C15H12N4O2/c1-9-10(2)18-19-15(12(9)8-17)21-13-5-4-11(7-16)6-14(13)20-3/h4-6H,1-3H3. The van der Waals surface area contributed by atoms with E-state index in [-0.39, 0.29) is 5.88 Å². The highest BCUT2D eigenvalue weighted by Crippen LogP contribution is 2.33. The average Bonchev–Trinajstić information content (AvgIpc) is 2.51. The third kappa shape index (κ3) is 2.75. The predicted molar refractivity (Wildman–Crippen MR) is 74.0 cm³/mol. The number of benzene rings is 1. The smallest absolute Gasteiger partial charge is 0.257 e. The summed E-state index contributed by atoms with van der Waals surface area (Å²) in [4.78, 5) is 0. The summed E-state index contributed by atoms with van der Waals surface area (Å²) in [6.45, 7) is 3.56. The van der Waals surface area contributed by atoms with Gasteiger partial charge >= 0.3 is 0 Å². The SMILES string of the molecule is COc1cc(C#N)ccc1Oc1nnc(C)c(C)c1C#N. The molecular weight excluding hydrogens is 268 g/mol. The van der Waals surface area contributed by atoms with Gasteiger partial charge in [-0.1, -0.05) is 0 Å². The second kappa shape index (κ2) is 5.89. The lowest BCUT2D eigenvalue weighted by Crippen LogP contribution is -2.01. The molecule has 0 saturated carbocycles. The summed E-state index contributed by atoms with van der Waals surface area (Å²) in [7, 11) is 1.47. The maximum atomic E-state index is 9.24. The summed E-state index contributed by atoms with van der Waals surface area (Å²) >= 11 is 0. The first-order chi connectivity index (χ1) is 10.1. The van der Waals surface area contributed by atoms with Crippen molar-refractivity contribution in [3.8, 4) is 29.5 Å². The van der Waals surface area contributed by atoms with Crippen LogP contribution < -0.4 is 9.47 Å². The molecule has 2 rings (SSSR count). The first kappa shape index (κ1) is 14.3.